The molecule has 1 aromatic heterocycles. The Morgan fingerprint density at radius 3 is 2.33 bits per heavy atom. The number of benzene rings is 1. The fourth-order valence-electron chi connectivity index (χ4n) is 5.31. The molecule has 1 aliphatic carbocycles. The van der Waals surface area contributed by atoms with Crippen molar-refractivity contribution >= 4 is 11.8 Å². The average Bonchev–Trinajstić information content (AvgIpc) is 2.85. The summed E-state index contributed by atoms with van der Waals surface area (Å²) in [6, 6.07) is 10.2. The molecule has 8 nitrogen and oxygen atoms in total. The number of carbonyl (C=O) groups excluding carboxylic acids is 2. The normalized spacial score (nSPS) is 19.7. The van der Waals surface area contributed by atoms with Gasteiger partial charge in [0.15, 0.2) is 0 Å². The van der Waals surface area contributed by atoms with Crippen LogP contribution in [0.5, 0.6) is 11.6 Å². The number of ether oxygens (including phenoxy) is 1. The predicted octanol–water partition coefficient (Wildman–Crippen LogP) is 2.95. The van der Waals surface area contributed by atoms with E-state index < -0.39 is 0 Å². The predicted molar refractivity (Wildman–Crippen MR) is 138 cm³/mol. The summed E-state index contributed by atoms with van der Waals surface area (Å²) in [4.78, 5) is 39.2. The number of aromatic nitrogens is 1. The van der Waals surface area contributed by atoms with Gasteiger partial charge in [0, 0.05) is 64.6 Å². The van der Waals surface area contributed by atoms with Crippen LogP contribution in [0.2, 0.25) is 0 Å². The van der Waals surface area contributed by atoms with Gasteiger partial charge >= 0.3 is 0 Å². The van der Waals surface area contributed by atoms with Crippen molar-refractivity contribution in [1.29, 1.82) is 0 Å². The maximum absolute atomic E-state index is 13.3. The number of aryl methyl sites for hydroxylation is 2. The van der Waals surface area contributed by atoms with Crippen LogP contribution in [-0.4, -0.2) is 101 Å². The lowest BCUT2D eigenvalue weighted by Crippen LogP contribution is -2.56. The van der Waals surface area contributed by atoms with Crippen molar-refractivity contribution in [2.75, 3.05) is 58.9 Å². The molecule has 3 heterocycles. The third kappa shape index (κ3) is 5.55. The van der Waals surface area contributed by atoms with Crippen LogP contribution in [0.4, 0.5) is 0 Å². The lowest BCUT2D eigenvalue weighted by molar-refractivity contribution is -0.135. The van der Waals surface area contributed by atoms with Gasteiger partial charge in [-0.15, -0.1) is 0 Å². The summed E-state index contributed by atoms with van der Waals surface area (Å²) in [7, 11) is 0. The maximum Gasteiger partial charge on any atom is 0.259 e. The van der Waals surface area contributed by atoms with Crippen LogP contribution in [0.15, 0.2) is 36.5 Å². The molecule has 2 saturated heterocycles. The van der Waals surface area contributed by atoms with Crippen molar-refractivity contribution < 1.29 is 14.3 Å². The number of amides is 2. The number of hydrogen-bond donors (Lipinski definition) is 0. The topological polar surface area (TPSA) is 69.2 Å². The smallest absolute Gasteiger partial charge is 0.259 e. The first-order chi connectivity index (χ1) is 17.5. The molecule has 1 saturated carbocycles. The van der Waals surface area contributed by atoms with Gasteiger partial charge in [-0.25, -0.2) is 4.98 Å². The van der Waals surface area contributed by atoms with Crippen LogP contribution in [0, 0.1) is 13.8 Å². The van der Waals surface area contributed by atoms with E-state index in [4.69, 9.17) is 4.74 Å². The molecule has 0 unspecified atom stereocenters. The molecular formula is C28H37N5O3. The Morgan fingerprint density at radius 2 is 1.67 bits per heavy atom. The van der Waals surface area contributed by atoms with Gasteiger partial charge in [-0.3, -0.25) is 19.4 Å². The molecule has 2 amide bonds. The van der Waals surface area contributed by atoms with Crippen LogP contribution >= 0.6 is 0 Å². The molecule has 3 aliphatic rings. The van der Waals surface area contributed by atoms with Gasteiger partial charge in [-0.2, -0.15) is 0 Å². The number of pyridine rings is 1. The minimum Gasteiger partial charge on any atom is -0.438 e. The summed E-state index contributed by atoms with van der Waals surface area (Å²) in [5.41, 5.74) is 2.62. The fourth-order valence-corrected chi connectivity index (χ4v) is 5.31. The lowest BCUT2D eigenvalue weighted by Gasteiger charge is -2.43. The highest BCUT2D eigenvalue weighted by molar-refractivity contribution is 5.96. The number of carbonyl (C=O) groups is 2. The Hall–Kier alpha value is -2.97. The molecule has 1 aromatic carbocycles. The first-order valence-electron chi connectivity index (χ1n) is 13.2. The third-order valence-electron chi connectivity index (χ3n) is 7.82. The number of nitrogens with zero attached hydrogens (tertiary/aromatic N) is 5. The fraction of sp³-hybridized carbons (Fsp3) is 0.536. The molecule has 0 bridgehead atoms. The summed E-state index contributed by atoms with van der Waals surface area (Å²) in [6.45, 7) is 10.7. The minimum absolute atomic E-state index is 0.0824. The van der Waals surface area contributed by atoms with E-state index in [-0.39, 0.29) is 11.8 Å². The minimum atomic E-state index is -0.0824. The Balaban J connectivity index is 1.13. The first-order valence-corrected chi connectivity index (χ1v) is 13.2. The van der Waals surface area contributed by atoms with Crippen LogP contribution in [0.25, 0.3) is 0 Å². The van der Waals surface area contributed by atoms with Crippen LogP contribution in [0.3, 0.4) is 0 Å². The summed E-state index contributed by atoms with van der Waals surface area (Å²) >= 11 is 0. The molecule has 36 heavy (non-hydrogen) atoms. The molecular weight excluding hydrogens is 454 g/mol. The molecule has 5 rings (SSSR count). The monoisotopic (exact) mass is 491 g/mol. The van der Waals surface area contributed by atoms with E-state index in [1.54, 1.807) is 18.3 Å². The zero-order chi connectivity index (χ0) is 25.1. The second-order valence-electron chi connectivity index (χ2n) is 10.3. The van der Waals surface area contributed by atoms with Crippen molar-refractivity contribution in [2.24, 2.45) is 0 Å². The van der Waals surface area contributed by atoms with E-state index in [0.29, 0.717) is 49.9 Å². The van der Waals surface area contributed by atoms with Crippen LogP contribution in [-0.2, 0) is 4.79 Å². The molecule has 8 heteroatoms. The van der Waals surface area contributed by atoms with E-state index in [1.807, 2.05) is 35.8 Å². The standard InChI is InChI=1S/C28H37N5O3/c1-21-8-9-25(22(2)19-21)36-27-24(7-4-10-29-27)28(35)33-13-11-30(12-14-33)20-26(34)32-17-15-31(16-18-32)23-5-3-6-23/h4,7-10,19,23H,3,5-6,11-18,20H2,1-2H3. The maximum atomic E-state index is 13.3. The van der Waals surface area contributed by atoms with E-state index >= 15 is 0 Å². The number of piperazine rings is 2. The summed E-state index contributed by atoms with van der Waals surface area (Å²) < 4.78 is 6.06. The number of hydrogen-bond acceptors (Lipinski definition) is 6. The van der Waals surface area contributed by atoms with Gasteiger partial charge in [0.05, 0.1) is 6.54 Å². The molecule has 0 N–H and O–H groups in total. The van der Waals surface area contributed by atoms with E-state index in [9.17, 15) is 9.59 Å². The highest BCUT2D eigenvalue weighted by Gasteiger charge is 2.31. The second-order valence-corrected chi connectivity index (χ2v) is 10.3. The third-order valence-corrected chi connectivity index (χ3v) is 7.82. The second kappa shape index (κ2) is 11.0. The highest BCUT2D eigenvalue weighted by Crippen LogP contribution is 2.28. The Labute approximate surface area is 213 Å². The Morgan fingerprint density at radius 1 is 0.944 bits per heavy atom. The molecule has 0 atom stereocenters. The summed E-state index contributed by atoms with van der Waals surface area (Å²) in [5, 5.41) is 0. The molecule has 2 aromatic rings. The van der Waals surface area contributed by atoms with Gasteiger partial charge in [-0.05, 0) is 50.5 Å². The highest BCUT2D eigenvalue weighted by atomic mass is 16.5. The quantitative estimate of drug-likeness (QED) is 0.619. The van der Waals surface area contributed by atoms with Crippen molar-refractivity contribution in [3.8, 4) is 11.6 Å². The van der Waals surface area contributed by atoms with Gasteiger partial charge in [0.25, 0.3) is 5.91 Å². The van der Waals surface area contributed by atoms with E-state index in [0.717, 1.165) is 43.3 Å². The summed E-state index contributed by atoms with van der Waals surface area (Å²) in [6.07, 6.45) is 5.62. The van der Waals surface area contributed by atoms with Crippen molar-refractivity contribution in [3.05, 3.63) is 53.2 Å². The van der Waals surface area contributed by atoms with Crippen molar-refractivity contribution in [3.63, 3.8) is 0 Å². The lowest BCUT2D eigenvalue weighted by atomic mass is 9.91. The van der Waals surface area contributed by atoms with Crippen LogP contribution in [0.1, 0.15) is 40.7 Å². The zero-order valence-corrected chi connectivity index (χ0v) is 21.5. The van der Waals surface area contributed by atoms with E-state index in [1.165, 1.54) is 19.3 Å². The van der Waals surface area contributed by atoms with Crippen molar-refractivity contribution in [2.45, 2.75) is 39.2 Å². The molecule has 0 radical (unpaired) electrons. The largest absolute Gasteiger partial charge is 0.438 e. The molecule has 3 fully saturated rings. The number of rotatable bonds is 6. The summed E-state index contributed by atoms with van der Waals surface area (Å²) in [5.74, 6) is 1.15. The average molecular weight is 492 g/mol. The van der Waals surface area contributed by atoms with E-state index in [2.05, 4.69) is 20.9 Å². The molecule has 192 valence electrons. The van der Waals surface area contributed by atoms with Crippen LogP contribution < -0.4 is 4.74 Å². The first kappa shape index (κ1) is 24.7. The van der Waals surface area contributed by atoms with Gasteiger partial charge in [0.2, 0.25) is 11.8 Å². The Kier molecular flexibility index (Phi) is 7.53. The van der Waals surface area contributed by atoms with Gasteiger partial charge < -0.3 is 14.5 Å². The Bertz CT molecular complexity index is 1090. The SMILES string of the molecule is Cc1ccc(Oc2ncccc2C(=O)N2CCN(CC(=O)N3CCN(C4CCC4)CC3)CC2)c(C)c1. The van der Waals surface area contributed by atoms with Gasteiger partial charge in [0.1, 0.15) is 11.3 Å². The zero-order valence-electron chi connectivity index (χ0n) is 21.5. The molecule has 0 spiro atoms. The molecule has 2 aliphatic heterocycles. The van der Waals surface area contributed by atoms with Gasteiger partial charge in [-0.1, -0.05) is 24.1 Å². The van der Waals surface area contributed by atoms with Crippen molar-refractivity contribution in [1.82, 2.24) is 24.6 Å².